The van der Waals surface area contributed by atoms with Crippen molar-refractivity contribution in [3.8, 4) is 0 Å². The fourth-order valence-electron chi connectivity index (χ4n) is 2.61. The van der Waals surface area contributed by atoms with Crippen molar-refractivity contribution in [1.82, 2.24) is 0 Å². The molecule has 1 N–H and O–H groups in total. The second-order valence-electron chi connectivity index (χ2n) is 5.67. The van der Waals surface area contributed by atoms with Crippen molar-refractivity contribution in [3.05, 3.63) is 59.7 Å². The molecule has 2 aromatic rings. The van der Waals surface area contributed by atoms with E-state index >= 15 is 0 Å². The summed E-state index contributed by atoms with van der Waals surface area (Å²) in [6.45, 7) is 1.57. The fourth-order valence-corrected chi connectivity index (χ4v) is 3.50. The van der Waals surface area contributed by atoms with Crippen molar-refractivity contribution in [1.29, 1.82) is 0 Å². The molecule has 7 heteroatoms. The number of fused-ring (bicyclic) bond motifs is 1. The Bertz CT molecular complexity index is 919. The van der Waals surface area contributed by atoms with Crippen molar-refractivity contribution in [2.45, 2.75) is 24.3 Å². The third kappa shape index (κ3) is 3.56. The summed E-state index contributed by atoms with van der Waals surface area (Å²) in [5.41, 5.74) is 1.68. The van der Waals surface area contributed by atoms with Crippen molar-refractivity contribution >= 4 is 27.4 Å². The monoisotopic (exact) mass is 359 g/mol. The molecule has 1 heterocycles. The molecule has 3 rings (SSSR count). The number of esters is 1. The number of carbonyl (C=O) groups excluding carboxylic acids is 2. The average Bonchev–Trinajstić information content (AvgIpc) is 2.62. The standard InChI is InChI=1S/C18H17NO5S/c1-2-25(22,23)14-9-7-13(8-10-14)19-17(20)16-11-12-5-3-4-6-15(12)18(21)24-16/h3-10,16H,2,11H2,1H3,(H,19,20). The van der Waals surface area contributed by atoms with E-state index in [0.29, 0.717) is 17.7 Å². The van der Waals surface area contributed by atoms with E-state index in [9.17, 15) is 18.0 Å². The Kier molecular flexibility index (Phi) is 4.59. The molecule has 0 saturated carbocycles. The summed E-state index contributed by atoms with van der Waals surface area (Å²) in [7, 11) is -3.29. The molecule has 1 amide bonds. The van der Waals surface area contributed by atoms with Crippen LogP contribution in [-0.4, -0.2) is 32.2 Å². The fraction of sp³-hybridized carbons (Fsp3) is 0.222. The Hall–Kier alpha value is -2.67. The molecular formula is C18H17NO5S. The van der Waals surface area contributed by atoms with Gasteiger partial charge in [-0.15, -0.1) is 0 Å². The second-order valence-corrected chi connectivity index (χ2v) is 7.95. The molecule has 1 aliphatic rings. The van der Waals surface area contributed by atoms with Crippen LogP contribution in [0.25, 0.3) is 0 Å². The number of hydrogen-bond acceptors (Lipinski definition) is 5. The van der Waals surface area contributed by atoms with Gasteiger partial charge in [0.2, 0.25) is 0 Å². The summed E-state index contributed by atoms with van der Waals surface area (Å²) in [6.07, 6.45) is -0.614. The molecule has 130 valence electrons. The van der Waals surface area contributed by atoms with Crippen LogP contribution in [0.1, 0.15) is 22.8 Å². The number of rotatable bonds is 4. The first-order chi connectivity index (χ1) is 11.9. The van der Waals surface area contributed by atoms with Crippen LogP contribution in [0.15, 0.2) is 53.4 Å². The molecule has 6 nitrogen and oxygen atoms in total. The van der Waals surface area contributed by atoms with E-state index in [1.165, 1.54) is 24.3 Å². The first kappa shape index (κ1) is 17.2. The van der Waals surface area contributed by atoms with Gasteiger partial charge in [-0.2, -0.15) is 0 Å². The zero-order chi connectivity index (χ0) is 18.0. The molecule has 0 aliphatic carbocycles. The predicted octanol–water partition coefficient (Wildman–Crippen LogP) is 2.20. The minimum absolute atomic E-state index is 0.0101. The molecule has 0 fully saturated rings. The number of hydrogen-bond donors (Lipinski definition) is 1. The van der Waals surface area contributed by atoms with E-state index in [4.69, 9.17) is 4.74 Å². The van der Waals surface area contributed by atoms with Gasteiger partial charge in [-0.05, 0) is 35.9 Å². The van der Waals surface area contributed by atoms with Gasteiger partial charge in [-0.25, -0.2) is 13.2 Å². The summed E-state index contributed by atoms with van der Waals surface area (Å²) in [4.78, 5) is 24.5. The molecule has 25 heavy (non-hydrogen) atoms. The number of sulfone groups is 1. The van der Waals surface area contributed by atoms with Gasteiger partial charge < -0.3 is 10.1 Å². The quantitative estimate of drug-likeness (QED) is 0.846. The van der Waals surface area contributed by atoms with Crippen LogP contribution < -0.4 is 5.32 Å². The van der Waals surface area contributed by atoms with Crippen LogP contribution in [0.4, 0.5) is 5.69 Å². The summed E-state index contributed by atoms with van der Waals surface area (Å²) in [5, 5.41) is 2.65. The van der Waals surface area contributed by atoms with Crippen LogP contribution in [0.2, 0.25) is 0 Å². The van der Waals surface area contributed by atoms with Crippen LogP contribution >= 0.6 is 0 Å². The van der Waals surface area contributed by atoms with Gasteiger partial charge in [-0.3, -0.25) is 4.79 Å². The number of carbonyl (C=O) groups is 2. The number of ether oxygens (including phenoxy) is 1. The van der Waals surface area contributed by atoms with Gasteiger partial charge in [0.1, 0.15) is 0 Å². The summed E-state index contributed by atoms with van der Waals surface area (Å²) >= 11 is 0. The minimum Gasteiger partial charge on any atom is -0.448 e. The smallest absolute Gasteiger partial charge is 0.339 e. The van der Waals surface area contributed by atoms with E-state index in [1.807, 2.05) is 0 Å². The van der Waals surface area contributed by atoms with Crippen molar-refractivity contribution in [2.75, 3.05) is 11.1 Å². The molecule has 0 bridgehead atoms. The molecule has 1 unspecified atom stereocenters. The van der Waals surface area contributed by atoms with Gasteiger partial charge in [0.25, 0.3) is 5.91 Å². The predicted molar refractivity (Wildman–Crippen MR) is 92.1 cm³/mol. The van der Waals surface area contributed by atoms with Crippen LogP contribution in [-0.2, 0) is 25.8 Å². The number of nitrogens with one attached hydrogen (secondary N) is 1. The highest BCUT2D eigenvalue weighted by atomic mass is 32.2. The minimum atomic E-state index is -3.29. The van der Waals surface area contributed by atoms with Gasteiger partial charge in [-0.1, -0.05) is 25.1 Å². The van der Waals surface area contributed by atoms with Crippen LogP contribution in [0, 0.1) is 0 Å². The highest BCUT2D eigenvalue weighted by Gasteiger charge is 2.31. The second kappa shape index (κ2) is 6.68. The zero-order valence-corrected chi connectivity index (χ0v) is 14.4. The molecule has 0 saturated heterocycles. The Balaban J connectivity index is 1.72. The number of anilines is 1. The van der Waals surface area contributed by atoms with Crippen molar-refractivity contribution in [3.63, 3.8) is 0 Å². The molecule has 0 radical (unpaired) electrons. The highest BCUT2D eigenvalue weighted by molar-refractivity contribution is 7.91. The summed E-state index contributed by atoms with van der Waals surface area (Å²) < 4.78 is 28.8. The van der Waals surface area contributed by atoms with Gasteiger partial charge in [0, 0.05) is 12.1 Å². The van der Waals surface area contributed by atoms with Gasteiger partial charge in [0.15, 0.2) is 15.9 Å². The molecule has 1 aliphatic heterocycles. The third-order valence-corrected chi connectivity index (χ3v) is 5.80. The Morgan fingerprint density at radius 3 is 2.52 bits per heavy atom. The third-order valence-electron chi connectivity index (χ3n) is 4.05. The molecule has 1 atom stereocenters. The Morgan fingerprint density at radius 2 is 1.84 bits per heavy atom. The van der Waals surface area contributed by atoms with Crippen LogP contribution in [0.5, 0.6) is 0 Å². The lowest BCUT2D eigenvalue weighted by Gasteiger charge is -2.23. The lowest BCUT2D eigenvalue weighted by atomic mass is 9.98. The first-order valence-corrected chi connectivity index (χ1v) is 9.48. The highest BCUT2D eigenvalue weighted by Crippen LogP contribution is 2.22. The Labute approximate surface area is 145 Å². The molecule has 0 spiro atoms. The summed E-state index contributed by atoms with van der Waals surface area (Å²) in [6, 6.07) is 12.9. The van der Waals surface area contributed by atoms with E-state index in [0.717, 1.165) is 5.56 Å². The summed E-state index contributed by atoms with van der Waals surface area (Å²) in [5.74, 6) is -0.962. The first-order valence-electron chi connectivity index (χ1n) is 7.83. The topological polar surface area (TPSA) is 89.5 Å². The van der Waals surface area contributed by atoms with Crippen molar-refractivity contribution in [2.24, 2.45) is 0 Å². The molecular weight excluding hydrogens is 342 g/mol. The van der Waals surface area contributed by atoms with E-state index in [1.54, 1.807) is 31.2 Å². The Morgan fingerprint density at radius 1 is 1.16 bits per heavy atom. The number of benzene rings is 2. The molecule has 0 aromatic heterocycles. The van der Waals surface area contributed by atoms with E-state index in [-0.39, 0.29) is 10.6 Å². The maximum atomic E-state index is 12.4. The van der Waals surface area contributed by atoms with Crippen LogP contribution in [0.3, 0.4) is 0 Å². The normalized spacial score (nSPS) is 16.7. The van der Waals surface area contributed by atoms with E-state index < -0.39 is 27.8 Å². The zero-order valence-electron chi connectivity index (χ0n) is 13.6. The number of amides is 1. The lowest BCUT2D eigenvalue weighted by molar-refractivity contribution is -0.125. The maximum absolute atomic E-state index is 12.4. The van der Waals surface area contributed by atoms with E-state index in [2.05, 4.69) is 5.32 Å². The SMILES string of the molecule is CCS(=O)(=O)c1ccc(NC(=O)C2Cc3ccccc3C(=O)O2)cc1. The molecule has 2 aromatic carbocycles. The largest absolute Gasteiger partial charge is 0.448 e. The lowest BCUT2D eigenvalue weighted by Crippen LogP contribution is -2.37. The van der Waals surface area contributed by atoms with Gasteiger partial charge >= 0.3 is 5.97 Å². The van der Waals surface area contributed by atoms with Gasteiger partial charge in [0.05, 0.1) is 16.2 Å². The number of cyclic esters (lactones) is 1. The maximum Gasteiger partial charge on any atom is 0.339 e. The van der Waals surface area contributed by atoms with Crippen molar-refractivity contribution < 1.29 is 22.7 Å². The average molecular weight is 359 g/mol.